The van der Waals surface area contributed by atoms with E-state index in [2.05, 4.69) is 10.0 Å². The average Bonchev–Trinajstić information content (AvgIpc) is 2.42. The molecule has 0 spiro atoms. The molecule has 1 aromatic rings. The molecule has 0 unspecified atom stereocenters. The van der Waals surface area contributed by atoms with Crippen molar-refractivity contribution in [3.63, 3.8) is 0 Å². The molecule has 0 aliphatic carbocycles. The third kappa shape index (κ3) is 5.23. The van der Waals surface area contributed by atoms with E-state index in [1.165, 1.54) is 4.90 Å². The average molecular weight is 248 g/mol. The SMILES string of the molecule is CN(CCCN=[N+]=[N-])C(=O)OCc1ccccc1. The van der Waals surface area contributed by atoms with Gasteiger partial charge in [0.15, 0.2) is 0 Å². The molecular weight excluding hydrogens is 232 g/mol. The summed E-state index contributed by atoms with van der Waals surface area (Å²) in [5, 5.41) is 3.40. The molecule has 6 nitrogen and oxygen atoms in total. The van der Waals surface area contributed by atoms with Crippen molar-refractivity contribution in [1.29, 1.82) is 0 Å². The first-order valence-corrected chi connectivity index (χ1v) is 5.66. The van der Waals surface area contributed by atoms with E-state index in [4.69, 9.17) is 10.3 Å². The Labute approximate surface area is 106 Å². The van der Waals surface area contributed by atoms with Gasteiger partial charge in [0.1, 0.15) is 6.61 Å². The molecule has 0 aliphatic heterocycles. The minimum Gasteiger partial charge on any atom is -0.445 e. The zero-order chi connectivity index (χ0) is 13.2. The lowest BCUT2D eigenvalue weighted by Gasteiger charge is -2.16. The second kappa shape index (κ2) is 7.97. The Morgan fingerprint density at radius 3 is 2.83 bits per heavy atom. The molecule has 96 valence electrons. The van der Waals surface area contributed by atoms with E-state index in [1.54, 1.807) is 7.05 Å². The van der Waals surface area contributed by atoms with Gasteiger partial charge in [-0.3, -0.25) is 0 Å². The minimum atomic E-state index is -0.375. The van der Waals surface area contributed by atoms with Gasteiger partial charge in [-0.15, -0.1) is 0 Å². The van der Waals surface area contributed by atoms with Crippen molar-refractivity contribution in [2.24, 2.45) is 5.11 Å². The van der Waals surface area contributed by atoms with E-state index in [9.17, 15) is 4.79 Å². The summed E-state index contributed by atoms with van der Waals surface area (Å²) in [6, 6.07) is 9.50. The van der Waals surface area contributed by atoms with Crippen LogP contribution in [-0.4, -0.2) is 31.1 Å². The maximum Gasteiger partial charge on any atom is 0.409 e. The van der Waals surface area contributed by atoms with Crippen molar-refractivity contribution in [3.05, 3.63) is 46.3 Å². The smallest absolute Gasteiger partial charge is 0.409 e. The van der Waals surface area contributed by atoms with E-state index in [0.29, 0.717) is 19.5 Å². The van der Waals surface area contributed by atoms with Gasteiger partial charge in [-0.25, -0.2) is 4.79 Å². The number of hydrogen-bond donors (Lipinski definition) is 0. The predicted octanol–water partition coefficient (Wildman–Crippen LogP) is 2.96. The van der Waals surface area contributed by atoms with E-state index >= 15 is 0 Å². The summed E-state index contributed by atoms with van der Waals surface area (Å²) in [4.78, 5) is 15.7. The van der Waals surface area contributed by atoms with Crippen molar-refractivity contribution >= 4 is 6.09 Å². The first kappa shape index (κ1) is 13.9. The highest BCUT2D eigenvalue weighted by Crippen LogP contribution is 2.02. The zero-order valence-corrected chi connectivity index (χ0v) is 10.3. The van der Waals surface area contributed by atoms with Gasteiger partial charge in [0.05, 0.1) is 0 Å². The van der Waals surface area contributed by atoms with E-state index in [0.717, 1.165) is 5.56 Å². The summed E-state index contributed by atoms with van der Waals surface area (Å²) < 4.78 is 5.13. The summed E-state index contributed by atoms with van der Waals surface area (Å²) in [6.45, 7) is 1.15. The summed E-state index contributed by atoms with van der Waals surface area (Å²) >= 11 is 0. The summed E-state index contributed by atoms with van der Waals surface area (Å²) in [5.74, 6) is 0. The first-order chi connectivity index (χ1) is 8.74. The maximum absolute atomic E-state index is 11.6. The van der Waals surface area contributed by atoms with Crippen LogP contribution in [0, 0.1) is 0 Å². The van der Waals surface area contributed by atoms with Gasteiger partial charge in [-0.2, -0.15) is 0 Å². The van der Waals surface area contributed by atoms with Gasteiger partial charge >= 0.3 is 6.09 Å². The lowest BCUT2D eigenvalue weighted by Crippen LogP contribution is -2.28. The minimum absolute atomic E-state index is 0.264. The van der Waals surface area contributed by atoms with Gasteiger partial charge in [0.25, 0.3) is 0 Å². The maximum atomic E-state index is 11.6. The summed E-state index contributed by atoms with van der Waals surface area (Å²) in [7, 11) is 1.66. The first-order valence-electron chi connectivity index (χ1n) is 5.66. The van der Waals surface area contributed by atoms with Gasteiger partial charge in [0, 0.05) is 25.0 Å². The van der Waals surface area contributed by atoms with Crippen molar-refractivity contribution in [2.75, 3.05) is 20.1 Å². The Hall–Kier alpha value is -2.20. The fourth-order valence-corrected chi connectivity index (χ4v) is 1.34. The third-order valence-electron chi connectivity index (χ3n) is 2.33. The number of nitrogens with zero attached hydrogens (tertiary/aromatic N) is 4. The lowest BCUT2D eigenvalue weighted by molar-refractivity contribution is 0.104. The molecule has 0 radical (unpaired) electrons. The molecule has 0 aromatic heterocycles. The largest absolute Gasteiger partial charge is 0.445 e. The number of amides is 1. The highest BCUT2D eigenvalue weighted by molar-refractivity contribution is 5.67. The molecule has 0 aliphatic rings. The molecular formula is C12H16N4O2. The normalized spacial score (nSPS) is 9.39. The summed E-state index contributed by atoms with van der Waals surface area (Å²) in [5.41, 5.74) is 9.06. The van der Waals surface area contributed by atoms with Crippen molar-refractivity contribution in [3.8, 4) is 0 Å². The van der Waals surface area contributed by atoms with Crippen LogP contribution in [0.2, 0.25) is 0 Å². The highest BCUT2D eigenvalue weighted by Gasteiger charge is 2.08. The number of ether oxygens (including phenoxy) is 1. The third-order valence-corrected chi connectivity index (χ3v) is 2.33. The van der Waals surface area contributed by atoms with Crippen LogP contribution in [0.3, 0.4) is 0 Å². The molecule has 0 atom stereocenters. The fourth-order valence-electron chi connectivity index (χ4n) is 1.34. The molecule has 18 heavy (non-hydrogen) atoms. The number of azide groups is 1. The zero-order valence-electron chi connectivity index (χ0n) is 10.3. The second-order valence-electron chi connectivity index (χ2n) is 3.77. The van der Waals surface area contributed by atoms with E-state index in [-0.39, 0.29) is 12.7 Å². The molecule has 0 saturated carbocycles. The molecule has 1 aromatic carbocycles. The fraction of sp³-hybridized carbons (Fsp3) is 0.417. The molecule has 0 heterocycles. The van der Waals surface area contributed by atoms with Crippen molar-refractivity contribution < 1.29 is 9.53 Å². The van der Waals surface area contributed by atoms with Crippen LogP contribution in [0.4, 0.5) is 4.79 Å². The van der Waals surface area contributed by atoms with E-state index in [1.807, 2.05) is 30.3 Å². The molecule has 6 heteroatoms. The molecule has 0 saturated heterocycles. The van der Waals surface area contributed by atoms with Crippen LogP contribution in [0.15, 0.2) is 35.4 Å². The van der Waals surface area contributed by atoms with Gasteiger partial charge in [-0.05, 0) is 17.5 Å². The molecule has 1 rings (SSSR count). The van der Waals surface area contributed by atoms with Crippen molar-refractivity contribution in [1.82, 2.24) is 4.90 Å². The monoisotopic (exact) mass is 248 g/mol. The van der Waals surface area contributed by atoms with Crippen LogP contribution in [0.5, 0.6) is 0 Å². The highest BCUT2D eigenvalue weighted by atomic mass is 16.6. The Morgan fingerprint density at radius 2 is 2.17 bits per heavy atom. The molecule has 1 amide bonds. The Kier molecular flexibility index (Phi) is 6.14. The van der Waals surface area contributed by atoms with E-state index < -0.39 is 0 Å². The number of carbonyl (C=O) groups excluding carboxylic acids is 1. The van der Waals surface area contributed by atoms with Crippen molar-refractivity contribution in [2.45, 2.75) is 13.0 Å². The van der Waals surface area contributed by atoms with Gasteiger partial charge in [0.2, 0.25) is 0 Å². The van der Waals surface area contributed by atoms with Gasteiger partial charge < -0.3 is 9.64 Å². The van der Waals surface area contributed by atoms with Crippen LogP contribution >= 0.6 is 0 Å². The van der Waals surface area contributed by atoms with Crippen LogP contribution in [0.1, 0.15) is 12.0 Å². The number of carbonyl (C=O) groups is 1. The topological polar surface area (TPSA) is 78.3 Å². The lowest BCUT2D eigenvalue weighted by atomic mass is 10.2. The Balaban J connectivity index is 2.25. The number of rotatable bonds is 6. The van der Waals surface area contributed by atoms with Crippen LogP contribution in [0.25, 0.3) is 10.4 Å². The Morgan fingerprint density at radius 1 is 1.44 bits per heavy atom. The molecule has 0 N–H and O–H groups in total. The number of benzene rings is 1. The predicted molar refractivity (Wildman–Crippen MR) is 67.9 cm³/mol. The number of hydrogen-bond acceptors (Lipinski definition) is 3. The quantitative estimate of drug-likeness (QED) is 0.336. The standard InChI is InChI=1S/C12H16N4O2/c1-16(9-5-8-14-15-13)12(17)18-10-11-6-3-2-4-7-11/h2-4,6-7H,5,8-10H2,1H3. The van der Waals surface area contributed by atoms with Crippen LogP contribution in [-0.2, 0) is 11.3 Å². The second-order valence-corrected chi connectivity index (χ2v) is 3.77. The van der Waals surface area contributed by atoms with Crippen LogP contribution < -0.4 is 0 Å². The molecule has 0 bridgehead atoms. The Bertz CT molecular complexity index is 415. The molecule has 0 fully saturated rings. The summed E-state index contributed by atoms with van der Waals surface area (Å²) in [6.07, 6.45) is 0.251. The van der Waals surface area contributed by atoms with Gasteiger partial charge in [-0.1, -0.05) is 35.4 Å².